The van der Waals surface area contributed by atoms with Gasteiger partial charge in [0.25, 0.3) is 0 Å². The molecule has 0 aliphatic carbocycles. The van der Waals surface area contributed by atoms with Crippen molar-refractivity contribution in [3.05, 3.63) is 100 Å². The summed E-state index contributed by atoms with van der Waals surface area (Å²) in [4.78, 5) is 13.8. The van der Waals surface area contributed by atoms with Crippen molar-refractivity contribution >= 4 is 35.0 Å². The molecule has 0 amide bonds. The highest BCUT2D eigenvalue weighted by Crippen LogP contribution is 2.41. The molecule has 0 spiro atoms. The van der Waals surface area contributed by atoms with Gasteiger partial charge in [0.15, 0.2) is 11.0 Å². The van der Waals surface area contributed by atoms with E-state index in [1.165, 1.54) is 11.8 Å². The number of aromatic nitrogens is 4. The number of nitrogens with one attached hydrogen (secondary N) is 1. The van der Waals surface area contributed by atoms with Crippen molar-refractivity contribution in [2.75, 3.05) is 12.8 Å². The molecule has 2 aromatic heterocycles. The van der Waals surface area contributed by atoms with Gasteiger partial charge in [-0.2, -0.15) is 4.73 Å². The fourth-order valence-electron chi connectivity index (χ4n) is 4.27. The molecule has 0 aliphatic heterocycles. The molecule has 204 valence electrons. The Labute approximate surface area is 247 Å². The second-order valence-corrected chi connectivity index (χ2v) is 10.5. The lowest BCUT2D eigenvalue weighted by Crippen LogP contribution is -2.11. The summed E-state index contributed by atoms with van der Waals surface area (Å²) < 4.78 is 7.08. The molecule has 0 radical (unpaired) electrons. The Kier molecular flexibility index (Phi) is 8.91. The van der Waals surface area contributed by atoms with Crippen LogP contribution < -0.4 is 10.1 Å². The van der Waals surface area contributed by atoms with Crippen LogP contribution in [0.25, 0.3) is 34.0 Å². The number of halogens is 2. The number of benzene rings is 3. The Balaban J connectivity index is 1.62. The number of nitrogens with zero attached hydrogens (tertiary/aromatic N) is 4. The Morgan fingerprint density at radius 3 is 2.45 bits per heavy atom. The molecular formula is C30H27Cl2N5O2S. The minimum Gasteiger partial charge on any atom is -0.489 e. The average molecular weight is 593 g/mol. The largest absolute Gasteiger partial charge is 0.489 e. The van der Waals surface area contributed by atoms with Crippen molar-refractivity contribution in [2.45, 2.75) is 25.2 Å². The number of hydrogen-bond donors (Lipinski definition) is 2. The van der Waals surface area contributed by atoms with E-state index in [1.807, 2.05) is 79.9 Å². The van der Waals surface area contributed by atoms with Crippen LogP contribution in [0.5, 0.6) is 5.75 Å². The van der Waals surface area contributed by atoms with Gasteiger partial charge in [-0.1, -0.05) is 84.4 Å². The number of ether oxygens (including phenoxy) is 1. The maximum Gasteiger partial charge on any atom is 0.187 e. The molecule has 0 saturated heterocycles. The van der Waals surface area contributed by atoms with Crippen LogP contribution in [0, 0.1) is 0 Å². The molecule has 40 heavy (non-hydrogen) atoms. The standard InChI is InChI=1S/C30H27Cl2N5O2S/c1-3-33-17-20-14-23(31)26(24(32)15-20)29-36-27(25-12-13-34-30(35-25)40-2)28(37(29)38)21-10-7-11-22(16-21)39-18-19-8-5-4-6-9-19/h4-16,33,38H,3,17-18H2,1-2H3. The summed E-state index contributed by atoms with van der Waals surface area (Å²) in [7, 11) is 0. The SMILES string of the molecule is CCNCc1cc(Cl)c(-c2nc(-c3ccnc(SC)n3)c(-c3cccc(OCc4ccccc4)c3)n2O)c(Cl)c1. The molecule has 7 nitrogen and oxygen atoms in total. The molecule has 3 aromatic carbocycles. The minimum atomic E-state index is 0.204. The summed E-state index contributed by atoms with van der Waals surface area (Å²) >= 11 is 14.9. The third kappa shape index (κ3) is 6.10. The fraction of sp³-hybridized carbons (Fsp3) is 0.167. The van der Waals surface area contributed by atoms with Gasteiger partial charge in [-0.25, -0.2) is 15.0 Å². The molecule has 0 atom stereocenters. The molecule has 2 heterocycles. The molecule has 2 N–H and O–H groups in total. The Bertz CT molecular complexity index is 1610. The summed E-state index contributed by atoms with van der Waals surface area (Å²) in [5, 5.41) is 16.2. The predicted octanol–water partition coefficient (Wildman–Crippen LogP) is 7.63. The molecule has 0 aliphatic rings. The summed E-state index contributed by atoms with van der Waals surface area (Å²) in [6, 6.07) is 22.8. The van der Waals surface area contributed by atoms with Crippen molar-refractivity contribution in [1.82, 2.24) is 25.0 Å². The van der Waals surface area contributed by atoms with Gasteiger partial charge in [-0.05, 0) is 54.3 Å². The van der Waals surface area contributed by atoms with Gasteiger partial charge in [-0.3, -0.25) is 0 Å². The van der Waals surface area contributed by atoms with Crippen molar-refractivity contribution in [3.63, 3.8) is 0 Å². The number of hydrogen-bond acceptors (Lipinski definition) is 7. The Morgan fingerprint density at radius 1 is 0.950 bits per heavy atom. The van der Waals surface area contributed by atoms with E-state index in [0.717, 1.165) is 22.4 Å². The van der Waals surface area contributed by atoms with E-state index in [-0.39, 0.29) is 5.82 Å². The monoisotopic (exact) mass is 591 g/mol. The van der Waals surface area contributed by atoms with Crippen LogP contribution in [0.2, 0.25) is 10.0 Å². The van der Waals surface area contributed by atoms with Gasteiger partial charge in [0, 0.05) is 18.3 Å². The van der Waals surface area contributed by atoms with Crippen LogP contribution in [-0.2, 0) is 13.2 Å². The highest BCUT2D eigenvalue weighted by atomic mass is 35.5. The van der Waals surface area contributed by atoms with Crippen LogP contribution in [0.15, 0.2) is 84.1 Å². The Morgan fingerprint density at radius 2 is 1.73 bits per heavy atom. The van der Waals surface area contributed by atoms with Crippen molar-refractivity contribution in [3.8, 4) is 39.8 Å². The number of thioether (sulfide) groups is 1. The fourth-order valence-corrected chi connectivity index (χ4v) is 5.32. The first-order chi connectivity index (χ1) is 19.5. The first-order valence-corrected chi connectivity index (χ1v) is 14.6. The quantitative estimate of drug-likeness (QED) is 0.0980. The van der Waals surface area contributed by atoms with Crippen LogP contribution in [0.3, 0.4) is 0 Å². The topological polar surface area (TPSA) is 85.1 Å². The van der Waals surface area contributed by atoms with Crippen LogP contribution in [0.4, 0.5) is 0 Å². The van der Waals surface area contributed by atoms with Crippen molar-refractivity contribution < 1.29 is 9.94 Å². The van der Waals surface area contributed by atoms with Gasteiger partial charge in [-0.15, -0.1) is 0 Å². The smallest absolute Gasteiger partial charge is 0.187 e. The van der Waals surface area contributed by atoms with Crippen molar-refractivity contribution in [2.24, 2.45) is 0 Å². The predicted molar refractivity (Wildman–Crippen MR) is 161 cm³/mol. The highest BCUT2D eigenvalue weighted by molar-refractivity contribution is 7.98. The maximum atomic E-state index is 11.6. The van der Waals surface area contributed by atoms with Gasteiger partial charge in [0.2, 0.25) is 0 Å². The molecule has 0 unspecified atom stereocenters. The third-order valence-electron chi connectivity index (χ3n) is 6.17. The molecule has 0 fully saturated rings. The molecule has 5 aromatic rings. The van der Waals surface area contributed by atoms with Crippen LogP contribution in [0.1, 0.15) is 18.1 Å². The molecular weight excluding hydrogens is 565 g/mol. The zero-order valence-electron chi connectivity index (χ0n) is 21.9. The summed E-state index contributed by atoms with van der Waals surface area (Å²) in [6.45, 7) is 3.87. The second-order valence-electron chi connectivity index (χ2n) is 8.89. The average Bonchev–Trinajstić information content (AvgIpc) is 3.31. The lowest BCUT2D eigenvalue weighted by atomic mass is 10.1. The molecule has 0 saturated carbocycles. The first kappa shape index (κ1) is 28.0. The maximum absolute atomic E-state index is 11.6. The zero-order chi connectivity index (χ0) is 28.1. The van der Waals surface area contributed by atoms with Crippen LogP contribution >= 0.6 is 35.0 Å². The van der Waals surface area contributed by atoms with Crippen molar-refractivity contribution in [1.29, 1.82) is 0 Å². The second kappa shape index (κ2) is 12.7. The Hall–Kier alpha value is -3.56. The first-order valence-electron chi connectivity index (χ1n) is 12.6. The summed E-state index contributed by atoms with van der Waals surface area (Å²) in [5.41, 5.74) is 4.52. The van der Waals surface area contributed by atoms with Gasteiger partial charge in [0.1, 0.15) is 23.7 Å². The van der Waals surface area contributed by atoms with E-state index >= 15 is 0 Å². The lowest BCUT2D eigenvalue weighted by Gasteiger charge is -2.12. The minimum absolute atomic E-state index is 0.204. The van der Waals surface area contributed by atoms with E-state index in [9.17, 15) is 5.21 Å². The molecule has 10 heteroatoms. The highest BCUT2D eigenvalue weighted by Gasteiger charge is 2.25. The van der Waals surface area contributed by atoms with E-state index in [0.29, 0.717) is 62.3 Å². The summed E-state index contributed by atoms with van der Waals surface area (Å²) in [5.74, 6) is 0.848. The lowest BCUT2D eigenvalue weighted by molar-refractivity contribution is 0.195. The van der Waals surface area contributed by atoms with E-state index in [1.54, 1.807) is 12.3 Å². The molecule has 0 bridgehead atoms. The third-order valence-corrected chi connectivity index (χ3v) is 7.33. The van der Waals surface area contributed by atoms with Gasteiger partial charge >= 0.3 is 0 Å². The van der Waals surface area contributed by atoms with Gasteiger partial charge < -0.3 is 15.3 Å². The van der Waals surface area contributed by atoms with Gasteiger partial charge in [0.05, 0.1) is 21.3 Å². The van der Waals surface area contributed by atoms with Crippen LogP contribution in [-0.4, -0.2) is 37.7 Å². The number of imidazole rings is 1. The van der Waals surface area contributed by atoms with E-state index in [2.05, 4.69) is 15.3 Å². The normalized spacial score (nSPS) is 11.1. The number of rotatable bonds is 10. The zero-order valence-corrected chi connectivity index (χ0v) is 24.3. The van der Waals surface area contributed by atoms with E-state index < -0.39 is 0 Å². The molecule has 5 rings (SSSR count). The van der Waals surface area contributed by atoms with E-state index in [4.69, 9.17) is 32.9 Å². The summed E-state index contributed by atoms with van der Waals surface area (Å²) in [6.07, 6.45) is 3.57.